The van der Waals surface area contributed by atoms with Crippen molar-refractivity contribution in [2.24, 2.45) is 0 Å². The number of aromatic nitrogens is 3. The summed E-state index contributed by atoms with van der Waals surface area (Å²) in [6.45, 7) is 8.52. The Hall–Kier alpha value is -2.75. The van der Waals surface area contributed by atoms with Crippen LogP contribution in [0.25, 0.3) is 33.1 Å². The van der Waals surface area contributed by atoms with E-state index in [2.05, 4.69) is 62.6 Å². The molecule has 0 unspecified atom stereocenters. The summed E-state index contributed by atoms with van der Waals surface area (Å²) in [4.78, 5) is 0. The predicted molar refractivity (Wildman–Crippen MR) is 126 cm³/mol. The van der Waals surface area contributed by atoms with Gasteiger partial charge in [0, 0.05) is 55.2 Å². The van der Waals surface area contributed by atoms with Gasteiger partial charge in [-0.15, -0.1) is 0 Å². The molecular weight excluding hydrogens is 413 g/mol. The molecular formula is C25H21Cl2N3. The summed E-state index contributed by atoms with van der Waals surface area (Å²) >= 11 is 12.7. The van der Waals surface area contributed by atoms with Gasteiger partial charge in [0.15, 0.2) is 0 Å². The predicted octanol–water partition coefficient (Wildman–Crippen LogP) is 7.49. The second kappa shape index (κ2) is 6.90. The van der Waals surface area contributed by atoms with Gasteiger partial charge in [0.05, 0.1) is 11.2 Å². The number of benzene rings is 2. The molecule has 0 spiro atoms. The maximum Gasteiger partial charge on any atom is 0.0749 e. The number of aryl methyl sites for hydroxylation is 4. The number of nitrogens with zero attached hydrogens (tertiary/aromatic N) is 3. The molecule has 3 aromatic heterocycles. The molecule has 0 aliphatic heterocycles. The van der Waals surface area contributed by atoms with Crippen LogP contribution in [0.1, 0.15) is 22.6 Å². The fourth-order valence-electron chi connectivity index (χ4n) is 4.47. The lowest BCUT2D eigenvalue weighted by atomic mass is 10.1. The maximum absolute atomic E-state index is 6.47. The number of halogens is 2. The van der Waals surface area contributed by atoms with E-state index < -0.39 is 0 Å². The van der Waals surface area contributed by atoms with Crippen molar-refractivity contribution in [3.63, 3.8) is 0 Å². The molecule has 0 aliphatic rings. The third-order valence-electron chi connectivity index (χ3n) is 5.85. The molecule has 0 radical (unpaired) electrons. The largest absolute Gasteiger partial charge is 0.317 e. The van der Waals surface area contributed by atoms with Gasteiger partial charge >= 0.3 is 0 Å². The van der Waals surface area contributed by atoms with E-state index >= 15 is 0 Å². The minimum Gasteiger partial charge on any atom is -0.317 e. The average Bonchev–Trinajstić information content (AvgIpc) is 3.24. The third kappa shape index (κ3) is 2.84. The van der Waals surface area contributed by atoms with Crippen molar-refractivity contribution in [2.45, 2.75) is 27.7 Å². The van der Waals surface area contributed by atoms with Crippen molar-refractivity contribution < 1.29 is 0 Å². The fraction of sp³-hybridized carbons (Fsp3) is 0.160. The van der Waals surface area contributed by atoms with Crippen molar-refractivity contribution in [1.82, 2.24) is 14.2 Å². The van der Waals surface area contributed by atoms with E-state index in [1.165, 1.54) is 27.7 Å². The molecule has 2 aromatic carbocycles. The van der Waals surface area contributed by atoms with Crippen molar-refractivity contribution in [1.29, 1.82) is 0 Å². The summed E-state index contributed by atoms with van der Waals surface area (Å²) in [6, 6.07) is 16.3. The summed E-state index contributed by atoms with van der Waals surface area (Å²) in [6.07, 6.45) is 2.03. The Kier molecular flexibility index (Phi) is 4.42. The normalized spacial score (nSPS) is 11.7. The monoisotopic (exact) mass is 433 g/mol. The summed E-state index contributed by atoms with van der Waals surface area (Å²) < 4.78 is 4.27. The summed E-state index contributed by atoms with van der Waals surface area (Å²) in [5, 5.41) is 8.60. The first-order valence-corrected chi connectivity index (χ1v) is 10.6. The van der Waals surface area contributed by atoms with E-state index in [0.29, 0.717) is 10.0 Å². The van der Waals surface area contributed by atoms with Crippen LogP contribution < -0.4 is 0 Å². The SMILES string of the molecule is Cc1ccc(-n2c(C)c3c(C)nn4cc(-c5cc(Cl)ccc5Cl)cc4c3c2C)cc1. The zero-order valence-corrected chi connectivity index (χ0v) is 18.8. The molecule has 0 fully saturated rings. The fourth-order valence-corrected chi connectivity index (χ4v) is 4.87. The summed E-state index contributed by atoms with van der Waals surface area (Å²) in [7, 11) is 0. The molecule has 30 heavy (non-hydrogen) atoms. The van der Waals surface area contributed by atoms with Crippen LogP contribution in [-0.4, -0.2) is 14.2 Å². The van der Waals surface area contributed by atoms with Crippen LogP contribution in [-0.2, 0) is 0 Å². The van der Waals surface area contributed by atoms with E-state index in [1.807, 2.05) is 22.8 Å². The molecule has 3 heterocycles. The van der Waals surface area contributed by atoms with Crippen molar-refractivity contribution in [3.05, 3.63) is 87.4 Å². The number of fused-ring (bicyclic) bond motifs is 3. The van der Waals surface area contributed by atoms with Gasteiger partial charge in [0.1, 0.15) is 0 Å². The van der Waals surface area contributed by atoms with Crippen LogP contribution >= 0.6 is 23.2 Å². The number of hydrogen-bond donors (Lipinski definition) is 0. The first kappa shape index (κ1) is 19.2. The van der Waals surface area contributed by atoms with Crippen LogP contribution in [0, 0.1) is 27.7 Å². The van der Waals surface area contributed by atoms with Gasteiger partial charge in [0.25, 0.3) is 0 Å². The van der Waals surface area contributed by atoms with Gasteiger partial charge in [-0.05, 0) is 64.1 Å². The minimum absolute atomic E-state index is 0.663. The molecule has 0 saturated heterocycles. The van der Waals surface area contributed by atoms with Gasteiger partial charge in [-0.3, -0.25) is 0 Å². The van der Waals surface area contributed by atoms with Gasteiger partial charge < -0.3 is 4.57 Å². The smallest absolute Gasteiger partial charge is 0.0749 e. The lowest BCUT2D eigenvalue weighted by Crippen LogP contribution is -1.98. The summed E-state index contributed by atoms with van der Waals surface area (Å²) in [5.41, 5.74) is 8.78. The molecule has 0 atom stereocenters. The Morgan fingerprint density at radius 2 is 1.50 bits per heavy atom. The van der Waals surface area contributed by atoms with E-state index in [9.17, 15) is 0 Å². The van der Waals surface area contributed by atoms with E-state index in [0.717, 1.165) is 28.0 Å². The lowest BCUT2D eigenvalue weighted by Gasteiger charge is -2.09. The van der Waals surface area contributed by atoms with Gasteiger partial charge in [-0.2, -0.15) is 5.10 Å². The Morgan fingerprint density at radius 1 is 0.800 bits per heavy atom. The van der Waals surface area contributed by atoms with Crippen LogP contribution in [0.2, 0.25) is 10.0 Å². The summed E-state index contributed by atoms with van der Waals surface area (Å²) in [5.74, 6) is 0. The Morgan fingerprint density at radius 3 is 2.23 bits per heavy atom. The second-order valence-corrected chi connectivity index (χ2v) is 8.70. The topological polar surface area (TPSA) is 22.2 Å². The van der Waals surface area contributed by atoms with Crippen molar-refractivity contribution in [2.75, 3.05) is 0 Å². The first-order chi connectivity index (χ1) is 14.3. The van der Waals surface area contributed by atoms with Crippen LogP contribution in [0.3, 0.4) is 0 Å². The van der Waals surface area contributed by atoms with E-state index in [-0.39, 0.29) is 0 Å². The molecule has 0 aliphatic carbocycles. The molecule has 5 aromatic rings. The van der Waals surface area contributed by atoms with E-state index in [4.69, 9.17) is 28.3 Å². The molecule has 5 heteroatoms. The highest BCUT2D eigenvalue weighted by Gasteiger charge is 2.19. The molecule has 0 amide bonds. The van der Waals surface area contributed by atoms with E-state index in [1.54, 1.807) is 6.07 Å². The molecule has 0 N–H and O–H groups in total. The van der Waals surface area contributed by atoms with Crippen molar-refractivity contribution >= 4 is 39.5 Å². The average molecular weight is 434 g/mol. The third-order valence-corrected chi connectivity index (χ3v) is 6.42. The molecule has 150 valence electrons. The highest BCUT2D eigenvalue weighted by molar-refractivity contribution is 6.35. The quantitative estimate of drug-likeness (QED) is 0.282. The first-order valence-electron chi connectivity index (χ1n) is 9.88. The second-order valence-electron chi connectivity index (χ2n) is 7.86. The zero-order valence-electron chi connectivity index (χ0n) is 17.3. The van der Waals surface area contributed by atoms with Gasteiger partial charge in [-0.1, -0.05) is 40.9 Å². The van der Waals surface area contributed by atoms with Crippen LogP contribution in [0.15, 0.2) is 54.7 Å². The van der Waals surface area contributed by atoms with Gasteiger partial charge in [0.2, 0.25) is 0 Å². The molecule has 3 nitrogen and oxygen atoms in total. The standard InChI is InChI=1S/C25H21Cl2N3/c1-14-5-8-20(9-6-14)30-16(3)24-15(2)28-29-13-18(11-23(29)25(24)17(30)4)21-12-19(26)7-10-22(21)27/h5-13H,1-4H3. The van der Waals surface area contributed by atoms with Crippen LogP contribution in [0.4, 0.5) is 0 Å². The Bertz CT molecular complexity index is 1440. The lowest BCUT2D eigenvalue weighted by molar-refractivity contribution is 0.919. The van der Waals surface area contributed by atoms with Gasteiger partial charge in [-0.25, -0.2) is 4.52 Å². The minimum atomic E-state index is 0.663. The number of hydrogen-bond acceptors (Lipinski definition) is 1. The molecule has 5 rings (SSSR count). The maximum atomic E-state index is 6.47. The van der Waals surface area contributed by atoms with Crippen molar-refractivity contribution in [3.8, 4) is 16.8 Å². The Labute approximate surface area is 185 Å². The zero-order chi connectivity index (χ0) is 21.2. The number of rotatable bonds is 2. The molecule has 0 saturated carbocycles. The highest BCUT2D eigenvalue weighted by atomic mass is 35.5. The highest BCUT2D eigenvalue weighted by Crippen LogP contribution is 2.37. The molecule has 0 bridgehead atoms. The van der Waals surface area contributed by atoms with Crippen LogP contribution in [0.5, 0.6) is 0 Å². The Balaban J connectivity index is 1.83.